The molecule has 61 valence electrons. The maximum absolute atomic E-state index is 11.2. The molecule has 1 radical (unpaired) electrons. The Morgan fingerprint density at radius 1 is 1.20 bits per heavy atom. The Bertz CT molecular complexity index is 84.5. The van der Waals surface area contributed by atoms with Crippen LogP contribution in [0.1, 0.15) is 12.8 Å². The van der Waals surface area contributed by atoms with Gasteiger partial charge in [0.1, 0.15) is 0 Å². The Kier molecular flexibility index (Phi) is 3.60. The van der Waals surface area contributed by atoms with Crippen molar-refractivity contribution < 1.29 is 22.0 Å². The largest absolute Gasteiger partial charge is 0.392 e. The van der Waals surface area contributed by atoms with Gasteiger partial charge in [-0.2, -0.15) is 13.2 Å². The van der Waals surface area contributed by atoms with E-state index >= 15 is 0 Å². The van der Waals surface area contributed by atoms with Crippen molar-refractivity contribution in [3.63, 3.8) is 0 Å². The maximum Gasteiger partial charge on any atom is 0.392 e. The van der Waals surface area contributed by atoms with E-state index in [9.17, 15) is 22.0 Å². The minimum atomic E-state index is -4.42. The van der Waals surface area contributed by atoms with Crippen LogP contribution in [0.2, 0.25) is 0 Å². The van der Waals surface area contributed by atoms with Crippen LogP contribution in [0.4, 0.5) is 22.0 Å². The molecule has 0 spiro atoms. The van der Waals surface area contributed by atoms with Gasteiger partial charge in [-0.3, -0.25) is 0 Å². The standard InChI is InChI=1S/C5H6F5/c6-4(7)2-1-3-5(8,9)10/h3-4H,1-2H2. The molecule has 0 atom stereocenters. The van der Waals surface area contributed by atoms with E-state index in [0.29, 0.717) is 0 Å². The Hall–Kier alpha value is -0.350. The highest BCUT2D eigenvalue weighted by Gasteiger charge is 2.27. The lowest BCUT2D eigenvalue weighted by atomic mass is 10.2. The molecule has 0 N–H and O–H groups in total. The summed E-state index contributed by atoms with van der Waals surface area (Å²) in [6.07, 6.45) is -8.48. The molecule has 0 rings (SSSR count). The molecule has 0 fully saturated rings. The highest BCUT2D eigenvalue weighted by atomic mass is 19.4. The van der Waals surface area contributed by atoms with E-state index in [0.717, 1.165) is 0 Å². The van der Waals surface area contributed by atoms with Crippen molar-refractivity contribution in [2.75, 3.05) is 0 Å². The van der Waals surface area contributed by atoms with E-state index in [-0.39, 0.29) is 6.42 Å². The molecular formula is C5H6F5. The topological polar surface area (TPSA) is 0 Å². The van der Waals surface area contributed by atoms with Gasteiger partial charge in [0, 0.05) is 6.42 Å². The highest BCUT2D eigenvalue weighted by Crippen LogP contribution is 2.21. The summed E-state index contributed by atoms with van der Waals surface area (Å²) in [5.74, 6) is 0. The van der Waals surface area contributed by atoms with Crippen molar-refractivity contribution in [3.05, 3.63) is 6.42 Å². The minimum Gasteiger partial charge on any atom is -0.211 e. The van der Waals surface area contributed by atoms with Gasteiger partial charge in [-0.25, -0.2) is 8.78 Å². The van der Waals surface area contributed by atoms with E-state index in [1.54, 1.807) is 0 Å². The van der Waals surface area contributed by atoms with E-state index in [2.05, 4.69) is 0 Å². The van der Waals surface area contributed by atoms with Crippen LogP contribution in [0.5, 0.6) is 0 Å². The van der Waals surface area contributed by atoms with Crippen LogP contribution >= 0.6 is 0 Å². The zero-order valence-electron chi connectivity index (χ0n) is 4.96. The molecule has 5 heteroatoms. The van der Waals surface area contributed by atoms with Gasteiger partial charge in [-0.1, -0.05) is 0 Å². The molecular weight excluding hydrogens is 155 g/mol. The number of hydrogen-bond acceptors (Lipinski definition) is 0. The number of halogens is 5. The van der Waals surface area contributed by atoms with Crippen LogP contribution in [0, 0.1) is 6.42 Å². The van der Waals surface area contributed by atoms with Crippen molar-refractivity contribution in [1.29, 1.82) is 0 Å². The summed E-state index contributed by atoms with van der Waals surface area (Å²) in [6, 6.07) is 0. The summed E-state index contributed by atoms with van der Waals surface area (Å²) in [5.41, 5.74) is 0. The third-order valence-corrected chi connectivity index (χ3v) is 0.761. The van der Waals surface area contributed by atoms with Crippen LogP contribution < -0.4 is 0 Å². The molecule has 0 aliphatic heterocycles. The first-order valence-corrected chi connectivity index (χ1v) is 2.61. The average molecular weight is 161 g/mol. The smallest absolute Gasteiger partial charge is 0.211 e. The quantitative estimate of drug-likeness (QED) is 0.558. The number of rotatable bonds is 3. The first-order valence-electron chi connectivity index (χ1n) is 2.61. The van der Waals surface area contributed by atoms with Crippen molar-refractivity contribution in [2.45, 2.75) is 25.4 Å². The molecule has 0 saturated carbocycles. The van der Waals surface area contributed by atoms with Crippen molar-refractivity contribution in [2.24, 2.45) is 0 Å². The first kappa shape index (κ1) is 9.65. The maximum atomic E-state index is 11.2. The van der Waals surface area contributed by atoms with E-state index < -0.39 is 25.4 Å². The number of alkyl halides is 5. The summed E-state index contributed by atoms with van der Waals surface area (Å²) in [6.45, 7) is 0. The molecule has 0 aromatic carbocycles. The fraction of sp³-hybridized carbons (Fsp3) is 0.800. The monoisotopic (exact) mass is 161 g/mol. The third kappa shape index (κ3) is 7.65. The summed E-state index contributed by atoms with van der Waals surface area (Å²) < 4.78 is 56.1. The molecule has 0 bridgehead atoms. The second kappa shape index (κ2) is 3.73. The van der Waals surface area contributed by atoms with Gasteiger partial charge in [0.25, 0.3) is 0 Å². The Balaban J connectivity index is 3.21. The molecule has 0 saturated heterocycles. The Morgan fingerprint density at radius 2 is 1.70 bits per heavy atom. The Morgan fingerprint density at radius 3 is 2.00 bits per heavy atom. The summed E-state index contributed by atoms with van der Waals surface area (Å²) in [4.78, 5) is 0. The molecule has 0 aromatic rings. The molecule has 10 heavy (non-hydrogen) atoms. The average Bonchev–Trinajstić information content (AvgIpc) is 1.59. The van der Waals surface area contributed by atoms with Gasteiger partial charge in [-0.05, 0) is 6.42 Å². The molecule has 0 heterocycles. The zero-order valence-corrected chi connectivity index (χ0v) is 4.96. The molecule has 0 nitrogen and oxygen atoms in total. The third-order valence-electron chi connectivity index (χ3n) is 0.761. The van der Waals surface area contributed by atoms with Crippen LogP contribution in [0.15, 0.2) is 0 Å². The van der Waals surface area contributed by atoms with Crippen molar-refractivity contribution >= 4 is 0 Å². The van der Waals surface area contributed by atoms with Crippen LogP contribution in [0.25, 0.3) is 0 Å². The molecule has 0 aromatic heterocycles. The predicted molar refractivity (Wildman–Crippen MR) is 25.6 cm³/mol. The fourth-order valence-corrected chi connectivity index (χ4v) is 0.373. The van der Waals surface area contributed by atoms with Gasteiger partial charge >= 0.3 is 6.18 Å². The van der Waals surface area contributed by atoms with Gasteiger partial charge in [0.2, 0.25) is 6.43 Å². The van der Waals surface area contributed by atoms with Crippen LogP contribution in [-0.4, -0.2) is 12.6 Å². The van der Waals surface area contributed by atoms with Crippen LogP contribution in [-0.2, 0) is 0 Å². The summed E-state index contributed by atoms with van der Waals surface area (Å²) in [5, 5.41) is 0. The summed E-state index contributed by atoms with van der Waals surface area (Å²) >= 11 is 0. The lowest BCUT2D eigenvalue weighted by molar-refractivity contribution is -0.0992. The van der Waals surface area contributed by atoms with E-state index in [1.165, 1.54) is 0 Å². The zero-order chi connectivity index (χ0) is 8.20. The fourth-order valence-electron chi connectivity index (χ4n) is 0.373. The van der Waals surface area contributed by atoms with Gasteiger partial charge in [-0.15, -0.1) is 0 Å². The minimum absolute atomic E-state index is 0.0703. The second-order valence-electron chi connectivity index (χ2n) is 1.71. The first-order chi connectivity index (χ1) is 4.42. The van der Waals surface area contributed by atoms with Gasteiger partial charge in [0.15, 0.2) is 0 Å². The lowest BCUT2D eigenvalue weighted by Crippen LogP contribution is -2.08. The van der Waals surface area contributed by atoms with E-state index in [4.69, 9.17) is 0 Å². The SMILES string of the molecule is FC(F)CC[CH]C(F)(F)F. The van der Waals surface area contributed by atoms with Crippen LogP contribution in [0.3, 0.4) is 0 Å². The molecule has 0 unspecified atom stereocenters. The van der Waals surface area contributed by atoms with Gasteiger partial charge < -0.3 is 0 Å². The molecule has 0 aliphatic carbocycles. The molecule has 0 aliphatic rings. The Labute approximate surface area is 55.0 Å². The van der Waals surface area contributed by atoms with Crippen molar-refractivity contribution in [3.8, 4) is 0 Å². The summed E-state index contributed by atoms with van der Waals surface area (Å²) in [7, 11) is 0. The highest BCUT2D eigenvalue weighted by molar-refractivity contribution is 4.73. The predicted octanol–water partition coefficient (Wildman–Crippen LogP) is 2.80. The molecule has 0 amide bonds. The normalized spacial score (nSPS) is 12.6. The number of hydrogen-bond donors (Lipinski definition) is 0. The lowest BCUT2D eigenvalue weighted by Gasteiger charge is -2.03. The van der Waals surface area contributed by atoms with Gasteiger partial charge in [0.05, 0.1) is 6.42 Å². The van der Waals surface area contributed by atoms with Crippen molar-refractivity contribution in [1.82, 2.24) is 0 Å². The van der Waals surface area contributed by atoms with E-state index in [1.807, 2.05) is 0 Å². The second-order valence-corrected chi connectivity index (χ2v) is 1.71.